The molecule has 1 amide bonds. The number of nitrogens with zero attached hydrogens (tertiary/aromatic N) is 1. The first-order chi connectivity index (χ1) is 11.0. The quantitative estimate of drug-likeness (QED) is 0.848. The summed E-state index contributed by atoms with van der Waals surface area (Å²) in [5.74, 6) is -0.917. The number of carboxylic acid groups (broad SMARTS) is 1. The number of aliphatic carboxylic acids is 1. The zero-order valence-electron chi connectivity index (χ0n) is 12.3. The maximum absolute atomic E-state index is 12.3. The summed E-state index contributed by atoms with van der Waals surface area (Å²) in [7, 11) is 1.51. The molecule has 2 N–H and O–H groups in total. The molecule has 1 aromatic heterocycles. The number of rotatable bonds is 6. The van der Waals surface area contributed by atoms with Crippen molar-refractivity contribution >= 4 is 23.5 Å². The monoisotopic (exact) mass is 334 g/mol. The minimum atomic E-state index is -1.03. The molecule has 1 unspecified atom stereocenters. The summed E-state index contributed by atoms with van der Waals surface area (Å²) >= 11 is 5.94. The highest BCUT2D eigenvalue weighted by atomic mass is 35.5. The number of ether oxygens (including phenoxy) is 1. The van der Waals surface area contributed by atoms with Crippen molar-refractivity contribution in [3.05, 3.63) is 58.9 Å². The van der Waals surface area contributed by atoms with E-state index in [-0.39, 0.29) is 17.0 Å². The Balaban J connectivity index is 2.26. The normalized spacial score (nSPS) is 11.6. The second kappa shape index (κ2) is 7.60. The van der Waals surface area contributed by atoms with Crippen molar-refractivity contribution in [2.45, 2.75) is 12.5 Å². The van der Waals surface area contributed by atoms with E-state index in [0.29, 0.717) is 11.3 Å². The molecule has 1 heterocycles. The van der Waals surface area contributed by atoms with Crippen LogP contribution in [0.4, 0.5) is 0 Å². The van der Waals surface area contributed by atoms with Gasteiger partial charge in [-0.25, -0.2) is 0 Å². The molecule has 6 nitrogen and oxygen atoms in total. The van der Waals surface area contributed by atoms with E-state index in [1.54, 1.807) is 24.3 Å². The molecule has 2 rings (SSSR count). The average molecular weight is 335 g/mol. The molecule has 7 heteroatoms. The molecule has 0 aliphatic carbocycles. The maximum Gasteiger partial charge on any atom is 0.305 e. The van der Waals surface area contributed by atoms with Crippen LogP contribution in [0.25, 0.3) is 0 Å². The minimum absolute atomic E-state index is 0.199. The lowest BCUT2D eigenvalue weighted by Gasteiger charge is -2.18. The molecule has 1 atom stereocenters. The van der Waals surface area contributed by atoms with Crippen LogP contribution in [0.1, 0.15) is 28.4 Å². The van der Waals surface area contributed by atoms with Gasteiger partial charge in [-0.3, -0.25) is 14.6 Å². The van der Waals surface area contributed by atoms with Crippen LogP contribution in [-0.2, 0) is 4.79 Å². The molecule has 23 heavy (non-hydrogen) atoms. The smallest absolute Gasteiger partial charge is 0.305 e. The van der Waals surface area contributed by atoms with E-state index in [1.807, 2.05) is 0 Å². The molecule has 0 aliphatic heterocycles. The lowest BCUT2D eigenvalue weighted by molar-refractivity contribution is -0.137. The zero-order valence-corrected chi connectivity index (χ0v) is 13.1. The summed E-state index contributed by atoms with van der Waals surface area (Å²) in [5.41, 5.74) is 0.866. The molecule has 0 saturated heterocycles. The van der Waals surface area contributed by atoms with Crippen LogP contribution in [0, 0.1) is 0 Å². The van der Waals surface area contributed by atoms with Gasteiger partial charge in [-0.15, -0.1) is 0 Å². The number of benzene rings is 1. The minimum Gasteiger partial charge on any atom is -0.497 e. The number of halogens is 1. The second-order valence-electron chi connectivity index (χ2n) is 4.76. The van der Waals surface area contributed by atoms with Gasteiger partial charge in [0.2, 0.25) is 0 Å². The first-order valence-electron chi connectivity index (χ1n) is 6.77. The van der Waals surface area contributed by atoms with Gasteiger partial charge in [0.15, 0.2) is 0 Å². The molecule has 0 fully saturated rings. The first kappa shape index (κ1) is 16.8. The lowest BCUT2D eigenvalue weighted by Crippen LogP contribution is -2.30. The van der Waals surface area contributed by atoms with Gasteiger partial charge in [-0.1, -0.05) is 23.7 Å². The van der Waals surface area contributed by atoms with Gasteiger partial charge in [-0.2, -0.15) is 0 Å². The average Bonchev–Trinajstić information content (AvgIpc) is 2.54. The van der Waals surface area contributed by atoms with Crippen molar-refractivity contribution in [3.63, 3.8) is 0 Å². The molecular formula is C16H15ClN2O4. The maximum atomic E-state index is 12.3. The number of methoxy groups -OCH3 is 1. The van der Waals surface area contributed by atoms with Crippen LogP contribution in [0.5, 0.6) is 5.75 Å². The van der Waals surface area contributed by atoms with Gasteiger partial charge in [0, 0.05) is 12.4 Å². The van der Waals surface area contributed by atoms with Crippen molar-refractivity contribution in [1.82, 2.24) is 10.3 Å². The molecule has 0 spiro atoms. The molecule has 120 valence electrons. The van der Waals surface area contributed by atoms with Gasteiger partial charge >= 0.3 is 5.97 Å². The Morgan fingerprint density at radius 2 is 2.17 bits per heavy atom. The van der Waals surface area contributed by atoms with E-state index in [2.05, 4.69) is 10.3 Å². The van der Waals surface area contributed by atoms with Gasteiger partial charge in [-0.05, 0) is 23.8 Å². The summed E-state index contributed by atoms with van der Waals surface area (Å²) in [4.78, 5) is 27.3. The van der Waals surface area contributed by atoms with Gasteiger partial charge in [0.1, 0.15) is 5.75 Å². The number of amides is 1. The summed E-state index contributed by atoms with van der Waals surface area (Å²) in [6, 6.07) is 7.64. The number of aromatic nitrogens is 1. The van der Waals surface area contributed by atoms with E-state index in [4.69, 9.17) is 21.4 Å². The van der Waals surface area contributed by atoms with Gasteiger partial charge < -0.3 is 15.2 Å². The van der Waals surface area contributed by atoms with Crippen LogP contribution in [0.2, 0.25) is 5.02 Å². The van der Waals surface area contributed by atoms with E-state index in [0.717, 1.165) is 0 Å². The van der Waals surface area contributed by atoms with Gasteiger partial charge in [0.25, 0.3) is 5.91 Å². The predicted octanol–water partition coefficient (Wildman–Crippen LogP) is 2.69. The highest BCUT2D eigenvalue weighted by Gasteiger charge is 2.20. The Kier molecular flexibility index (Phi) is 5.54. The standard InChI is InChI=1S/C16H15ClN2O4/c1-23-11-4-2-3-10(7-11)14(8-15(20)21)19-16(22)12-5-6-18-9-13(12)17/h2-7,9,14H,8H2,1H3,(H,19,22)(H,20,21). The van der Waals surface area contributed by atoms with E-state index in [1.165, 1.54) is 25.6 Å². The summed E-state index contributed by atoms with van der Waals surface area (Å²) in [6.07, 6.45) is 2.54. The van der Waals surface area contributed by atoms with Crippen molar-refractivity contribution in [1.29, 1.82) is 0 Å². The highest BCUT2D eigenvalue weighted by molar-refractivity contribution is 6.33. The Bertz CT molecular complexity index is 721. The number of carbonyl (C=O) groups excluding carboxylic acids is 1. The lowest BCUT2D eigenvalue weighted by atomic mass is 10.0. The Morgan fingerprint density at radius 1 is 1.39 bits per heavy atom. The number of pyridine rings is 1. The Labute approximate surface area is 138 Å². The predicted molar refractivity (Wildman–Crippen MR) is 84.7 cm³/mol. The Morgan fingerprint density at radius 3 is 2.83 bits per heavy atom. The SMILES string of the molecule is COc1cccc(C(CC(=O)O)NC(=O)c2ccncc2Cl)c1. The topological polar surface area (TPSA) is 88.5 Å². The summed E-state index contributed by atoms with van der Waals surface area (Å²) in [5, 5.41) is 12.0. The zero-order chi connectivity index (χ0) is 16.8. The highest BCUT2D eigenvalue weighted by Crippen LogP contribution is 2.23. The van der Waals surface area contributed by atoms with E-state index in [9.17, 15) is 9.59 Å². The number of hydrogen-bond acceptors (Lipinski definition) is 4. The molecule has 1 aromatic carbocycles. The van der Waals surface area contributed by atoms with Crippen LogP contribution in [0.15, 0.2) is 42.7 Å². The summed E-state index contributed by atoms with van der Waals surface area (Å²) < 4.78 is 5.13. The Hall–Kier alpha value is -2.60. The first-order valence-corrected chi connectivity index (χ1v) is 7.15. The molecular weight excluding hydrogens is 320 g/mol. The van der Waals surface area contributed by atoms with Crippen LogP contribution in [-0.4, -0.2) is 29.1 Å². The van der Waals surface area contributed by atoms with Crippen LogP contribution < -0.4 is 10.1 Å². The fourth-order valence-corrected chi connectivity index (χ4v) is 2.29. The van der Waals surface area contributed by atoms with Crippen molar-refractivity contribution < 1.29 is 19.4 Å². The number of carboxylic acids is 1. The number of hydrogen-bond donors (Lipinski definition) is 2. The second-order valence-corrected chi connectivity index (χ2v) is 5.16. The van der Waals surface area contributed by atoms with Crippen LogP contribution in [0.3, 0.4) is 0 Å². The fraction of sp³-hybridized carbons (Fsp3) is 0.188. The number of carbonyl (C=O) groups is 2. The van der Waals surface area contributed by atoms with Crippen LogP contribution >= 0.6 is 11.6 Å². The van der Waals surface area contributed by atoms with Crippen molar-refractivity contribution in [2.75, 3.05) is 7.11 Å². The third-order valence-corrected chi connectivity index (χ3v) is 3.50. The third kappa shape index (κ3) is 4.43. The fourth-order valence-electron chi connectivity index (χ4n) is 2.08. The number of nitrogens with one attached hydrogen (secondary N) is 1. The largest absolute Gasteiger partial charge is 0.497 e. The molecule has 0 bridgehead atoms. The third-order valence-electron chi connectivity index (χ3n) is 3.20. The molecule has 0 saturated carbocycles. The molecule has 0 radical (unpaired) electrons. The van der Waals surface area contributed by atoms with Crippen molar-refractivity contribution in [3.8, 4) is 5.75 Å². The molecule has 2 aromatic rings. The summed E-state index contributed by atoms with van der Waals surface area (Å²) in [6.45, 7) is 0. The van der Waals surface area contributed by atoms with Gasteiger partial charge in [0.05, 0.1) is 30.2 Å². The van der Waals surface area contributed by atoms with E-state index < -0.39 is 17.9 Å². The van der Waals surface area contributed by atoms with E-state index >= 15 is 0 Å². The van der Waals surface area contributed by atoms with Crippen molar-refractivity contribution in [2.24, 2.45) is 0 Å². The molecule has 0 aliphatic rings.